The SMILES string of the molecule is Cc1c(C(=O)Nc2cccc(C(=O)N3CCCCC3CCO)c2)cnn1-c1ccccc1. The summed E-state index contributed by atoms with van der Waals surface area (Å²) < 4.78 is 1.73. The average molecular weight is 433 g/mol. The molecule has 2 N–H and O–H groups in total. The lowest BCUT2D eigenvalue weighted by molar-refractivity contribution is 0.0574. The van der Waals surface area contributed by atoms with Crippen LogP contribution in [0.2, 0.25) is 0 Å². The molecule has 1 unspecified atom stereocenters. The van der Waals surface area contributed by atoms with E-state index in [9.17, 15) is 14.7 Å². The van der Waals surface area contributed by atoms with E-state index in [0.717, 1.165) is 30.6 Å². The Morgan fingerprint density at radius 2 is 1.94 bits per heavy atom. The third-order valence-electron chi connectivity index (χ3n) is 5.97. The standard InChI is InChI=1S/C25H28N4O3/c1-18-23(17-26-29(18)22-11-3-2-4-12-22)24(31)27-20-9-7-8-19(16-20)25(32)28-14-6-5-10-21(28)13-15-30/h2-4,7-9,11-12,16-17,21,30H,5-6,10,13-15H2,1H3,(H,27,31). The van der Waals surface area contributed by atoms with Gasteiger partial charge in [-0.15, -0.1) is 0 Å². The van der Waals surface area contributed by atoms with Crippen molar-refractivity contribution in [3.8, 4) is 5.69 Å². The summed E-state index contributed by atoms with van der Waals surface area (Å²) >= 11 is 0. The van der Waals surface area contributed by atoms with E-state index < -0.39 is 0 Å². The molecule has 32 heavy (non-hydrogen) atoms. The van der Waals surface area contributed by atoms with E-state index in [1.807, 2.05) is 42.2 Å². The summed E-state index contributed by atoms with van der Waals surface area (Å²) in [6.45, 7) is 2.62. The van der Waals surface area contributed by atoms with Crippen LogP contribution in [0.1, 0.15) is 52.1 Å². The molecule has 0 saturated carbocycles. The normalized spacial score (nSPS) is 16.1. The highest BCUT2D eigenvalue weighted by Gasteiger charge is 2.27. The van der Waals surface area contributed by atoms with Crippen molar-refractivity contribution in [2.24, 2.45) is 0 Å². The number of amides is 2. The lowest BCUT2D eigenvalue weighted by atomic mass is 9.98. The van der Waals surface area contributed by atoms with Gasteiger partial charge in [0, 0.05) is 30.4 Å². The maximum atomic E-state index is 13.1. The number of aliphatic hydroxyl groups is 1. The van der Waals surface area contributed by atoms with Gasteiger partial charge < -0.3 is 15.3 Å². The summed E-state index contributed by atoms with van der Waals surface area (Å²) in [7, 11) is 0. The summed E-state index contributed by atoms with van der Waals surface area (Å²) in [6.07, 6.45) is 5.09. The van der Waals surface area contributed by atoms with Gasteiger partial charge in [0.2, 0.25) is 0 Å². The zero-order valence-electron chi connectivity index (χ0n) is 18.2. The maximum Gasteiger partial charge on any atom is 0.259 e. The highest BCUT2D eigenvalue weighted by atomic mass is 16.3. The van der Waals surface area contributed by atoms with Crippen molar-refractivity contribution in [1.82, 2.24) is 14.7 Å². The first-order valence-corrected chi connectivity index (χ1v) is 11.0. The molecule has 1 aliphatic rings. The molecule has 4 rings (SSSR count). The van der Waals surface area contributed by atoms with Gasteiger partial charge in [-0.25, -0.2) is 4.68 Å². The molecule has 1 aliphatic heterocycles. The number of carbonyl (C=O) groups excluding carboxylic acids is 2. The number of hydrogen-bond donors (Lipinski definition) is 2. The minimum atomic E-state index is -0.273. The molecule has 2 aromatic carbocycles. The van der Waals surface area contributed by atoms with Crippen LogP contribution in [-0.2, 0) is 0 Å². The summed E-state index contributed by atoms with van der Waals surface area (Å²) in [5.41, 5.74) is 3.19. The van der Waals surface area contributed by atoms with Crippen LogP contribution in [0, 0.1) is 6.92 Å². The van der Waals surface area contributed by atoms with E-state index in [4.69, 9.17) is 0 Å². The van der Waals surface area contributed by atoms with Crippen LogP contribution < -0.4 is 5.32 Å². The van der Waals surface area contributed by atoms with Crippen molar-refractivity contribution < 1.29 is 14.7 Å². The van der Waals surface area contributed by atoms with Crippen molar-refractivity contribution in [2.75, 3.05) is 18.5 Å². The molecule has 1 atom stereocenters. The van der Waals surface area contributed by atoms with Crippen molar-refractivity contribution in [3.63, 3.8) is 0 Å². The van der Waals surface area contributed by atoms with Crippen molar-refractivity contribution in [3.05, 3.63) is 77.6 Å². The molecule has 7 nitrogen and oxygen atoms in total. The fraction of sp³-hybridized carbons (Fsp3) is 0.320. The van der Waals surface area contributed by atoms with E-state index in [1.54, 1.807) is 35.1 Å². The van der Waals surface area contributed by atoms with Crippen molar-refractivity contribution in [1.29, 1.82) is 0 Å². The second kappa shape index (κ2) is 9.78. The summed E-state index contributed by atoms with van der Waals surface area (Å²) in [4.78, 5) is 27.9. The number of piperidine rings is 1. The number of nitrogens with one attached hydrogen (secondary N) is 1. The predicted molar refractivity (Wildman–Crippen MR) is 123 cm³/mol. The number of para-hydroxylation sites is 1. The quantitative estimate of drug-likeness (QED) is 0.620. The Balaban J connectivity index is 1.50. The van der Waals surface area contributed by atoms with Crippen LogP contribution in [0.5, 0.6) is 0 Å². The molecular weight excluding hydrogens is 404 g/mol. The minimum Gasteiger partial charge on any atom is -0.396 e. The molecule has 0 radical (unpaired) electrons. The van der Waals surface area contributed by atoms with Crippen LogP contribution in [0.15, 0.2) is 60.8 Å². The number of likely N-dealkylation sites (tertiary alicyclic amines) is 1. The van der Waals surface area contributed by atoms with Crippen molar-refractivity contribution in [2.45, 2.75) is 38.6 Å². The Hall–Kier alpha value is -3.45. The molecule has 1 aromatic heterocycles. The summed E-state index contributed by atoms with van der Waals surface area (Å²) in [6, 6.07) is 16.7. The second-order valence-electron chi connectivity index (χ2n) is 8.09. The van der Waals surface area contributed by atoms with Gasteiger partial charge in [0.15, 0.2) is 0 Å². The van der Waals surface area contributed by atoms with Gasteiger partial charge in [0.05, 0.1) is 23.1 Å². The second-order valence-corrected chi connectivity index (χ2v) is 8.09. The zero-order valence-corrected chi connectivity index (χ0v) is 18.2. The number of aliphatic hydroxyl groups excluding tert-OH is 1. The van der Waals surface area contributed by atoms with Crippen LogP contribution >= 0.6 is 0 Å². The first-order valence-electron chi connectivity index (χ1n) is 11.0. The molecule has 1 saturated heterocycles. The van der Waals surface area contributed by atoms with Gasteiger partial charge in [-0.2, -0.15) is 5.10 Å². The monoisotopic (exact) mass is 432 g/mol. The average Bonchev–Trinajstić information content (AvgIpc) is 3.21. The van der Waals surface area contributed by atoms with Gasteiger partial charge in [0.25, 0.3) is 11.8 Å². The third kappa shape index (κ3) is 4.57. The number of carbonyl (C=O) groups is 2. The summed E-state index contributed by atoms with van der Waals surface area (Å²) in [5, 5.41) is 16.6. The van der Waals surface area contributed by atoms with Gasteiger partial charge in [-0.1, -0.05) is 24.3 Å². The van der Waals surface area contributed by atoms with E-state index in [-0.39, 0.29) is 24.5 Å². The van der Waals surface area contributed by atoms with Gasteiger partial charge in [-0.3, -0.25) is 9.59 Å². The lowest BCUT2D eigenvalue weighted by Crippen LogP contribution is -2.44. The molecule has 2 heterocycles. The van der Waals surface area contributed by atoms with E-state index in [1.165, 1.54) is 0 Å². The molecule has 7 heteroatoms. The molecule has 1 fully saturated rings. The van der Waals surface area contributed by atoms with Crippen LogP contribution in [0.25, 0.3) is 5.69 Å². The Morgan fingerprint density at radius 1 is 1.12 bits per heavy atom. The van der Waals surface area contributed by atoms with Crippen LogP contribution in [-0.4, -0.2) is 50.8 Å². The molecule has 0 spiro atoms. The lowest BCUT2D eigenvalue weighted by Gasteiger charge is -2.35. The smallest absolute Gasteiger partial charge is 0.259 e. The van der Waals surface area contributed by atoms with Crippen LogP contribution in [0.4, 0.5) is 5.69 Å². The Bertz CT molecular complexity index is 1090. The zero-order chi connectivity index (χ0) is 22.5. The topological polar surface area (TPSA) is 87.5 Å². The molecule has 3 aromatic rings. The Kier molecular flexibility index (Phi) is 6.66. The van der Waals surface area contributed by atoms with E-state index in [0.29, 0.717) is 29.8 Å². The van der Waals surface area contributed by atoms with Gasteiger partial charge in [-0.05, 0) is 62.9 Å². The van der Waals surface area contributed by atoms with Crippen LogP contribution in [0.3, 0.4) is 0 Å². The Morgan fingerprint density at radius 3 is 2.72 bits per heavy atom. The predicted octanol–water partition coefficient (Wildman–Crippen LogP) is 3.81. The number of benzene rings is 2. The summed E-state index contributed by atoms with van der Waals surface area (Å²) in [5.74, 6) is -0.335. The highest BCUT2D eigenvalue weighted by Crippen LogP contribution is 2.23. The van der Waals surface area contributed by atoms with Gasteiger partial charge in [0.1, 0.15) is 0 Å². The van der Waals surface area contributed by atoms with E-state index in [2.05, 4.69) is 10.4 Å². The first kappa shape index (κ1) is 21.8. The molecule has 166 valence electrons. The molecular formula is C25H28N4O3. The Labute approximate surface area is 187 Å². The third-order valence-corrected chi connectivity index (χ3v) is 5.97. The fourth-order valence-corrected chi connectivity index (χ4v) is 4.27. The number of hydrogen-bond acceptors (Lipinski definition) is 4. The minimum absolute atomic E-state index is 0.0611. The molecule has 2 amide bonds. The fourth-order valence-electron chi connectivity index (χ4n) is 4.27. The molecule has 0 bridgehead atoms. The maximum absolute atomic E-state index is 13.1. The number of nitrogens with zero attached hydrogens (tertiary/aromatic N) is 3. The van der Waals surface area contributed by atoms with Gasteiger partial charge >= 0.3 is 0 Å². The van der Waals surface area contributed by atoms with Crippen molar-refractivity contribution >= 4 is 17.5 Å². The first-order chi connectivity index (χ1) is 15.6. The molecule has 0 aliphatic carbocycles. The number of anilines is 1. The largest absolute Gasteiger partial charge is 0.396 e. The number of aromatic nitrogens is 2. The van der Waals surface area contributed by atoms with E-state index >= 15 is 0 Å². The highest BCUT2D eigenvalue weighted by molar-refractivity contribution is 6.05. The number of rotatable bonds is 6.